The van der Waals surface area contributed by atoms with E-state index < -0.39 is 6.04 Å². The predicted octanol–water partition coefficient (Wildman–Crippen LogP) is 3.61. The third-order valence-electron chi connectivity index (χ3n) is 5.66. The van der Waals surface area contributed by atoms with Gasteiger partial charge in [-0.1, -0.05) is 38.1 Å². The first-order valence-corrected chi connectivity index (χ1v) is 11.0. The number of carbonyl (C=O) groups excluding carboxylic acids is 2. The van der Waals surface area contributed by atoms with E-state index in [1.54, 1.807) is 7.11 Å². The first-order valence-electron chi connectivity index (χ1n) is 11.0. The molecule has 1 heterocycles. The average Bonchev–Trinajstić information content (AvgIpc) is 2.97. The molecule has 6 heteroatoms. The molecule has 3 rings (SSSR count). The summed E-state index contributed by atoms with van der Waals surface area (Å²) in [7, 11) is 1.63. The van der Waals surface area contributed by atoms with Crippen LogP contribution in [-0.4, -0.2) is 38.1 Å². The summed E-state index contributed by atoms with van der Waals surface area (Å²) in [4.78, 5) is 27.1. The summed E-state index contributed by atoms with van der Waals surface area (Å²) < 4.78 is 5.27. The molecule has 0 radical (unpaired) electrons. The molecule has 1 unspecified atom stereocenters. The molecule has 0 spiro atoms. The Morgan fingerprint density at radius 3 is 2.48 bits per heavy atom. The maximum Gasteiger partial charge on any atom is 0.242 e. The van der Waals surface area contributed by atoms with E-state index in [0.717, 1.165) is 29.8 Å². The lowest BCUT2D eigenvalue weighted by molar-refractivity contribution is -0.128. The molecular weight excluding hydrogens is 390 g/mol. The summed E-state index contributed by atoms with van der Waals surface area (Å²) >= 11 is 0. The van der Waals surface area contributed by atoms with Crippen LogP contribution in [0.25, 0.3) is 0 Å². The molecular formula is C25H33N3O3. The van der Waals surface area contributed by atoms with Crippen molar-refractivity contribution in [2.45, 2.75) is 51.6 Å². The van der Waals surface area contributed by atoms with Crippen LogP contribution < -0.4 is 20.3 Å². The number of ether oxygens (including phenoxy) is 1. The summed E-state index contributed by atoms with van der Waals surface area (Å²) in [6.07, 6.45) is 2.55. The van der Waals surface area contributed by atoms with Crippen LogP contribution in [0.4, 0.5) is 5.69 Å². The number of hydrogen-bond donors (Lipinski definition) is 2. The smallest absolute Gasteiger partial charge is 0.242 e. The van der Waals surface area contributed by atoms with E-state index in [0.29, 0.717) is 25.4 Å². The van der Waals surface area contributed by atoms with E-state index in [4.69, 9.17) is 4.74 Å². The zero-order chi connectivity index (χ0) is 22.2. The number of methoxy groups -OCH3 is 1. The minimum atomic E-state index is -0.460. The number of rotatable bonds is 8. The molecule has 0 aliphatic carbocycles. The molecule has 0 bridgehead atoms. The number of nitrogens with one attached hydrogen (secondary N) is 2. The molecule has 1 aliphatic heterocycles. The standard InChI is InChI=1S/C25H33N3O3/c1-18(2)20-9-7-19(8-10-20)16-28(21-11-13-22(31-3)14-12-21)17-24(29)27-23-6-4-5-15-26-25(23)30/h7-14,18,23H,4-6,15-17H2,1-3H3,(H,26,30)(H,27,29). The molecule has 31 heavy (non-hydrogen) atoms. The molecule has 2 amide bonds. The fraction of sp³-hybridized carbons (Fsp3) is 0.440. The van der Waals surface area contributed by atoms with Gasteiger partial charge in [-0.25, -0.2) is 0 Å². The first-order chi connectivity index (χ1) is 15.0. The summed E-state index contributed by atoms with van der Waals surface area (Å²) in [6.45, 7) is 5.78. The fourth-order valence-corrected chi connectivity index (χ4v) is 3.75. The molecule has 0 saturated carbocycles. The van der Waals surface area contributed by atoms with E-state index in [1.165, 1.54) is 5.56 Å². The number of hydrogen-bond acceptors (Lipinski definition) is 4. The summed E-state index contributed by atoms with van der Waals surface area (Å²) in [5, 5.41) is 5.79. The maximum atomic E-state index is 12.9. The zero-order valence-corrected chi connectivity index (χ0v) is 18.7. The van der Waals surface area contributed by atoms with Crippen molar-refractivity contribution in [2.75, 3.05) is 25.1 Å². The number of amides is 2. The van der Waals surface area contributed by atoms with Crippen LogP contribution in [0.1, 0.15) is 50.2 Å². The van der Waals surface area contributed by atoms with Gasteiger partial charge in [0.15, 0.2) is 0 Å². The number of carbonyl (C=O) groups is 2. The van der Waals surface area contributed by atoms with Gasteiger partial charge in [0.05, 0.1) is 13.7 Å². The normalized spacial score (nSPS) is 16.4. The van der Waals surface area contributed by atoms with Crippen LogP contribution in [0.3, 0.4) is 0 Å². The first kappa shape index (κ1) is 22.7. The van der Waals surface area contributed by atoms with Gasteiger partial charge < -0.3 is 20.3 Å². The van der Waals surface area contributed by atoms with Gasteiger partial charge in [-0.15, -0.1) is 0 Å². The average molecular weight is 424 g/mol. The van der Waals surface area contributed by atoms with Gasteiger partial charge in [0, 0.05) is 18.8 Å². The van der Waals surface area contributed by atoms with Crippen LogP contribution in [0.15, 0.2) is 48.5 Å². The van der Waals surface area contributed by atoms with Gasteiger partial charge in [-0.2, -0.15) is 0 Å². The Morgan fingerprint density at radius 1 is 1.13 bits per heavy atom. The van der Waals surface area contributed by atoms with E-state index in [1.807, 2.05) is 29.2 Å². The van der Waals surface area contributed by atoms with Crippen LogP contribution >= 0.6 is 0 Å². The highest BCUT2D eigenvalue weighted by Crippen LogP contribution is 2.22. The Morgan fingerprint density at radius 2 is 1.84 bits per heavy atom. The number of anilines is 1. The minimum Gasteiger partial charge on any atom is -0.497 e. The second-order valence-electron chi connectivity index (χ2n) is 8.36. The van der Waals surface area contributed by atoms with E-state index >= 15 is 0 Å². The van der Waals surface area contributed by atoms with E-state index in [2.05, 4.69) is 48.7 Å². The highest BCUT2D eigenvalue weighted by Gasteiger charge is 2.23. The van der Waals surface area contributed by atoms with Crippen molar-refractivity contribution in [3.63, 3.8) is 0 Å². The van der Waals surface area contributed by atoms with Crippen LogP contribution in [0.5, 0.6) is 5.75 Å². The lowest BCUT2D eigenvalue weighted by Crippen LogP contribution is -2.48. The summed E-state index contributed by atoms with van der Waals surface area (Å²) in [6, 6.07) is 15.7. The Kier molecular flexibility index (Phi) is 7.93. The molecule has 2 aromatic carbocycles. The summed E-state index contributed by atoms with van der Waals surface area (Å²) in [5.74, 6) is 0.996. The maximum absolute atomic E-state index is 12.9. The van der Waals surface area contributed by atoms with Crippen molar-refractivity contribution in [1.82, 2.24) is 10.6 Å². The lowest BCUT2D eigenvalue weighted by atomic mass is 10.0. The quantitative estimate of drug-likeness (QED) is 0.681. The summed E-state index contributed by atoms with van der Waals surface area (Å²) in [5.41, 5.74) is 3.34. The van der Waals surface area contributed by atoms with Crippen molar-refractivity contribution >= 4 is 17.5 Å². The molecule has 2 N–H and O–H groups in total. The SMILES string of the molecule is COc1ccc(N(CC(=O)NC2CCCCNC2=O)Cc2ccc(C(C)C)cc2)cc1. The van der Waals surface area contributed by atoms with E-state index in [9.17, 15) is 9.59 Å². The van der Waals surface area contributed by atoms with Crippen molar-refractivity contribution in [3.05, 3.63) is 59.7 Å². The zero-order valence-electron chi connectivity index (χ0n) is 18.7. The predicted molar refractivity (Wildman–Crippen MR) is 123 cm³/mol. The number of nitrogens with zero attached hydrogens (tertiary/aromatic N) is 1. The Bertz CT molecular complexity index is 863. The van der Waals surface area contributed by atoms with Gasteiger partial charge in [0.25, 0.3) is 0 Å². The molecule has 166 valence electrons. The van der Waals surface area contributed by atoms with Crippen molar-refractivity contribution in [3.8, 4) is 5.75 Å². The monoisotopic (exact) mass is 423 g/mol. The van der Waals surface area contributed by atoms with Gasteiger partial charge >= 0.3 is 0 Å². The largest absolute Gasteiger partial charge is 0.497 e. The second kappa shape index (κ2) is 10.8. The van der Waals surface area contributed by atoms with Crippen molar-refractivity contribution in [1.29, 1.82) is 0 Å². The molecule has 1 atom stereocenters. The van der Waals surface area contributed by atoms with Gasteiger partial charge in [-0.3, -0.25) is 9.59 Å². The Balaban J connectivity index is 1.74. The van der Waals surface area contributed by atoms with Crippen molar-refractivity contribution < 1.29 is 14.3 Å². The molecule has 1 fully saturated rings. The number of benzene rings is 2. The van der Waals surface area contributed by atoms with E-state index in [-0.39, 0.29) is 18.4 Å². The van der Waals surface area contributed by atoms with Crippen LogP contribution in [0, 0.1) is 0 Å². The minimum absolute atomic E-state index is 0.0916. The third-order valence-corrected chi connectivity index (χ3v) is 5.66. The molecule has 2 aromatic rings. The van der Waals surface area contributed by atoms with Gasteiger partial charge in [0.1, 0.15) is 11.8 Å². The lowest BCUT2D eigenvalue weighted by Gasteiger charge is -2.26. The topological polar surface area (TPSA) is 70.7 Å². The highest BCUT2D eigenvalue weighted by molar-refractivity contribution is 5.89. The molecule has 0 aromatic heterocycles. The van der Waals surface area contributed by atoms with Gasteiger partial charge in [0.2, 0.25) is 11.8 Å². The third kappa shape index (κ3) is 6.48. The molecule has 1 aliphatic rings. The second-order valence-corrected chi connectivity index (χ2v) is 8.36. The van der Waals surface area contributed by atoms with Crippen LogP contribution in [-0.2, 0) is 16.1 Å². The molecule has 1 saturated heterocycles. The van der Waals surface area contributed by atoms with Crippen molar-refractivity contribution in [2.24, 2.45) is 0 Å². The van der Waals surface area contributed by atoms with Gasteiger partial charge in [-0.05, 0) is 60.6 Å². The fourth-order valence-electron chi connectivity index (χ4n) is 3.75. The highest BCUT2D eigenvalue weighted by atomic mass is 16.5. The Labute approximate surface area is 185 Å². The Hall–Kier alpha value is -3.02. The van der Waals surface area contributed by atoms with Crippen LogP contribution in [0.2, 0.25) is 0 Å². The molecule has 6 nitrogen and oxygen atoms in total.